The van der Waals surface area contributed by atoms with Crippen LogP contribution in [0.4, 0.5) is 4.39 Å². The zero-order valence-electron chi connectivity index (χ0n) is 12.0. The fraction of sp³-hybridized carbons (Fsp3) is 0.312. The highest BCUT2D eigenvalue weighted by molar-refractivity contribution is 7.19. The number of aromatic nitrogens is 2. The van der Waals surface area contributed by atoms with Gasteiger partial charge in [-0.25, -0.2) is 4.39 Å². The number of aryl methyl sites for hydroxylation is 2. The molecule has 0 aliphatic carbocycles. The molecule has 3 nitrogen and oxygen atoms in total. The van der Waals surface area contributed by atoms with E-state index in [2.05, 4.69) is 12.0 Å². The van der Waals surface area contributed by atoms with E-state index in [1.807, 2.05) is 23.9 Å². The third-order valence-electron chi connectivity index (χ3n) is 3.62. The van der Waals surface area contributed by atoms with E-state index in [0.717, 1.165) is 32.8 Å². The zero-order chi connectivity index (χ0) is 15.0. The van der Waals surface area contributed by atoms with Crippen molar-refractivity contribution in [3.8, 4) is 0 Å². The van der Waals surface area contributed by atoms with Crippen LogP contribution in [0.5, 0.6) is 0 Å². The van der Waals surface area contributed by atoms with Gasteiger partial charge in [0.2, 0.25) is 0 Å². The molecule has 1 unspecified atom stereocenters. The molecule has 2 aromatic heterocycles. The molecule has 0 fully saturated rings. The van der Waals surface area contributed by atoms with Gasteiger partial charge in [-0.3, -0.25) is 4.68 Å². The van der Waals surface area contributed by atoms with Crippen LogP contribution < -0.4 is 0 Å². The van der Waals surface area contributed by atoms with Crippen molar-refractivity contribution in [2.45, 2.75) is 25.9 Å². The molecule has 110 valence electrons. The van der Waals surface area contributed by atoms with E-state index in [1.165, 1.54) is 23.5 Å². The Morgan fingerprint density at radius 1 is 1.33 bits per heavy atom. The number of rotatable bonds is 4. The predicted molar refractivity (Wildman–Crippen MR) is 83.0 cm³/mol. The van der Waals surface area contributed by atoms with Gasteiger partial charge in [0.05, 0.1) is 11.8 Å². The van der Waals surface area contributed by atoms with Crippen molar-refractivity contribution >= 4 is 21.4 Å². The van der Waals surface area contributed by atoms with E-state index >= 15 is 0 Å². The molecule has 1 aromatic carbocycles. The third kappa shape index (κ3) is 2.84. The largest absolute Gasteiger partial charge is 0.387 e. The number of benzene rings is 1. The molecule has 1 N–H and O–H groups in total. The van der Waals surface area contributed by atoms with Crippen molar-refractivity contribution in [3.05, 3.63) is 52.4 Å². The summed E-state index contributed by atoms with van der Waals surface area (Å²) in [4.78, 5) is 0.856. The molecule has 0 radical (unpaired) electrons. The lowest BCUT2D eigenvalue weighted by Crippen LogP contribution is -2.05. The Kier molecular flexibility index (Phi) is 3.78. The fourth-order valence-corrected chi connectivity index (χ4v) is 3.50. The maximum absolute atomic E-state index is 13.2. The molecule has 0 saturated heterocycles. The van der Waals surface area contributed by atoms with Gasteiger partial charge in [0.15, 0.2) is 0 Å². The lowest BCUT2D eigenvalue weighted by Gasteiger charge is -2.08. The number of halogens is 1. The second-order valence-corrected chi connectivity index (χ2v) is 6.27. The first-order valence-corrected chi connectivity index (χ1v) is 7.77. The van der Waals surface area contributed by atoms with Gasteiger partial charge >= 0.3 is 0 Å². The van der Waals surface area contributed by atoms with Crippen LogP contribution in [0.1, 0.15) is 29.3 Å². The van der Waals surface area contributed by atoms with Gasteiger partial charge in [-0.05, 0) is 36.1 Å². The Hall–Kier alpha value is -1.72. The summed E-state index contributed by atoms with van der Waals surface area (Å²) in [6.07, 6.45) is 0.802. The Balaban J connectivity index is 1.85. The molecule has 0 saturated carbocycles. The van der Waals surface area contributed by atoms with Gasteiger partial charge in [0, 0.05) is 28.7 Å². The van der Waals surface area contributed by atoms with E-state index in [0.29, 0.717) is 6.42 Å². The normalized spacial score (nSPS) is 13.0. The number of nitrogens with zero attached hydrogens (tertiary/aromatic N) is 2. The number of hydrogen-bond donors (Lipinski definition) is 1. The maximum atomic E-state index is 13.2. The molecule has 3 rings (SSSR count). The van der Waals surface area contributed by atoms with Crippen LogP contribution in [0.3, 0.4) is 0 Å². The molecule has 0 aliphatic heterocycles. The SMILES string of the molecule is CCc1cc(CC(O)c2cc3ccc(F)cc3s2)n(C)n1. The molecule has 21 heavy (non-hydrogen) atoms. The minimum atomic E-state index is -0.592. The fourth-order valence-electron chi connectivity index (χ4n) is 2.42. The summed E-state index contributed by atoms with van der Waals surface area (Å²) < 4.78 is 15.9. The highest BCUT2D eigenvalue weighted by Gasteiger charge is 2.15. The summed E-state index contributed by atoms with van der Waals surface area (Å²) >= 11 is 1.44. The first-order valence-electron chi connectivity index (χ1n) is 6.95. The summed E-state index contributed by atoms with van der Waals surface area (Å²) in [5.41, 5.74) is 2.03. The number of hydrogen-bond acceptors (Lipinski definition) is 3. The Labute approximate surface area is 126 Å². The van der Waals surface area contributed by atoms with Crippen LogP contribution in [0, 0.1) is 5.82 Å². The van der Waals surface area contributed by atoms with Gasteiger partial charge < -0.3 is 5.11 Å². The molecule has 2 heterocycles. The lowest BCUT2D eigenvalue weighted by atomic mass is 10.1. The van der Waals surface area contributed by atoms with Crippen molar-refractivity contribution in [1.29, 1.82) is 0 Å². The molecule has 5 heteroatoms. The molecule has 0 spiro atoms. The minimum absolute atomic E-state index is 0.246. The highest BCUT2D eigenvalue weighted by Crippen LogP contribution is 2.32. The van der Waals surface area contributed by atoms with E-state index < -0.39 is 6.10 Å². The second-order valence-electron chi connectivity index (χ2n) is 5.16. The van der Waals surface area contributed by atoms with Gasteiger partial charge in [-0.15, -0.1) is 11.3 Å². The van der Waals surface area contributed by atoms with Crippen molar-refractivity contribution in [3.63, 3.8) is 0 Å². The number of aliphatic hydroxyl groups is 1. The van der Waals surface area contributed by atoms with E-state index in [9.17, 15) is 9.50 Å². The molecule has 0 bridgehead atoms. The molecular formula is C16H17FN2OS. The molecule has 0 amide bonds. The van der Waals surface area contributed by atoms with E-state index in [-0.39, 0.29) is 5.82 Å². The van der Waals surface area contributed by atoms with Crippen molar-refractivity contribution < 1.29 is 9.50 Å². The van der Waals surface area contributed by atoms with Crippen molar-refractivity contribution in [1.82, 2.24) is 9.78 Å². The van der Waals surface area contributed by atoms with Gasteiger partial charge in [0.25, 0.3) is 0 Å². The quantitative estimate of drug-likeness (QED) is 0.799. The topological polar surface area (TPSA) is 38.0 Å². The van der Waals surface area contributed by atoms with Crippen LogP contribution in [0.2, 0.25) is 0 Å². The summed E-state index contributed by atoms with van der Waals surface area (Å²) in [5, 5.41) is 15.8. The predicted octanol–water partition coefficient (Wildman–Crippen LogP) is 3.61. The minimum Gasteiger partial charge on any atom is -0.387 e. The summed E-state index contributed by atoms with van der Waals surface area (Å²) in [6, 6.07) is 8.66. The third-order valence-corrected chi connectivity index (χ3v) is 4.82. The van der Waals surface area contributed by atoms with Gasteiger partial charge in [0.1, 0.15) is 5.82 Å². The standard InChI is InChI=1S/C16H17FN2OS/c1-3-12-8-13(19(2)18-12)9-14(20)16-6-10-4-5-11(17)7-15(10)21-16/h4-8,14,20H,3,9H2,1-2H3. The average molecular weight is 304 g/mol. The highest BCUT2D eigenvalue weighted by atomic mass is 32.1. The van der Waals surface area contributed by atoms with E-state index in [4.69, 9.17) is 0 Å². The second kappa shape index (κ2) is 5.58. The number of thiophene rings is 1. The van der Waals surface area contributed by atoms with E-state index in [1.54, 1.807) is 6.07 Å². The molecule has 0 aliphatic rings. The number of fused-ring (bicyclic) bond motifs is 1. The molecular weight excluding hydrogens is 287 g/mol. The number of aliphatic hydroxyl groups excluding tert-OH is 1. The first-order chi connectivity index (χ1) is 10.1. The first kappa shape index (κ1) is 14.2. The van der Waals surface area contributed by atoms with Crippen LogP contribution in [0.25, 0.3) is 10.1 Å². The summed E-state index contributed by atoms with van der Waals surface area (Å²) in [7, 11) is 1.89. The molecule has 1 atom stereocenters. The van der Waals surface area contributed by atoms with Crippen molar-refractivity contribution in [2.75, 3.05) is 0 Å². The van der Waals surface area contributed by atoms with Crippen LogP contribution >= 0.6 is 11.3 Å². The van der Waals surface area contributed by atoms with Crippen LogP contribution in [-0.4, -0.2) is 14.9 Å². The Bertz CT molecular complexity index is 778. The summed E-state index contributed by atoms with van der Waals surface area (Å²) in [6.45, 7) is 2.06. The zero-order valence-corrected chi connectivity index (χ0v) is 12.8. The monoisotopic (exact) mass is 304 g/mol. The Morgan fingerprint density at radius 3 is 2.86 bits per heavy atom. The maximum Gasteiger partial charge on any atom is 0.124 e. The van der Waals surface area contributed by atoms with Crippen LogP contribution in [-0.2, 0) is 19.9 Å². The van der Waals surface area contributed by atoms with Gasteiger partial charge in [-0.1, -0.05) is 13.0 Å². The lowest BCUT2D eigenvalue weighted by molar-refractivity contribution is 0.179. The summed E-state index contributed by atoms with van der Waals surface area (Å²) in [5.74, 6) is -0.246. The van der Waals surface area contributed by atoms with Crippen LogP contribution in [0.15, 0.2) is 30.3 Å². The van der Waals surface area contributed by atoms with Crippen molar-refractivity contribution in [2.24, 2.45) is 7.05 Å². The van der Waals surface area contributed by atoms with Gasteiger partial charge in [-0.2, -0.15) is 5.10 Å². The Morgan fingerprint density at radius 2 is 2.14 bits per heavy atom. The average Bonchev–Trinajstić information content (AvgIpc) is 3.02. The molecule has 3 aromatic rings. The smallest absolute Gasteiger partial charge is 0.124 e.